The highest BCUT2D eigenvalue weighted by Crippen LogP contribution is 2.23. The van der Waals surface area contributed by atoms with Crippen LogP contribution in [-0.2, 0) is 16.1 Å². The lowest BCUT2D eigenvalue weighted by atomic mass is 10.1. The van der Waals surface area contributed by atoms with Crippen LogP contribution in [0, 0.1) is 5.82 Å². The SMILES string of the molecule is CC1NC(=O)CC(C)N(Cc2c(F)cccc2Cl)C1=O. The fourth-order valence-electron chi connectivity index (χ4n) is 2.29. The zero-order valence-corrected chi connectivity index (χ0v) is 12.1. The molecule has 2 unspecified atom stereocenters. The molecule has 0 spiro atoms. The summed E-state index contributed by atoms with van der Waals surface area (Å²) in [5.74, 6) is -0.864. The first-order chi connectivity index (χ1) is 9.40. The Bertz CT molecular complexity index is 530. The van der Waals surface area contributed by atoms with Gasteiger partial charge in [0.15, 0.2) is 0 Å². The summed E-state index contributed by atoms with van der Waals surface area (Å²) in [5.41, 5.74) is 0.274. The van der Waals surface area contributed by atoms with Gasteiger partial charge in [0.1, 0.15) is 11.9 Å². The van der Waals surface area contributed by atoms with Gasteiger partial charge in [-0.05, 0) is 26.0 Å². The second-order valence-electron chi connectivity index (χ2n) is 5.01. The monoisotopic (exact) mass is 298 g/mol. The number of carbonyl (C=O) groups excluding carboxylic acids is 2. The summed E-state index contributed by atoms with van der Waals surface area (Å²) in [7, 11) is 0. The fraction of sp³-hybridized carbons (Fsp3) is 0.429. The minimum absolute atomic E-state index is 0.0603. The fourth-order valence-corrected chi connectivity index (χ4v) is 2.52. The van der Waals surface area contributed by atoms with Gasteiger partial charge < -0.3 is 10.2 Å². The molecule has 2 rings (SSSR count). The molecular formula is C14H16ClFN2O2. The van der Waals surface area contributed by atoms with E-state index in [2.05, 4.69) is 5.32 Å². The molecule has 2 amide bonds. The molecule has 1 saturated heterocycles. The van der Waals surface area contributed by atoms with Crippen LogP contribution in [0.4, 0.5) is 4.39 Å². The first kappa shape index (κ1) is 14.8. The molecule has 1 N–H and O–H groups in total. The largest absolute Gasteiger partial charge is 0.345 e. The topological polar surface area (TPSA) is 49.4 Å². The number of rotatable bonds is 2. The van der Waals surface area contributed by atoms with Gasteiger partial charge in [0.05, 0.1) is 6.54 Å². The summed E-state index contributed by atoms with van der Waals surface area (Å²) < 4.78 is 13.8. The Balaban J connectivity index is 2.30. The number of nitrogens with one attached hydrogen (secondary N) is 1. The number of benzene rings is 1. The maximum atomic E-state index is 13.8. The third-order valence-electron chi connectivity index (χ3n) is 3.43. The number of hydrogen-bond donors (Lipinski definition) is 1. The standard InChI is InChI=1S/C14H16ClFN2O2/c1-8-6-13(19)17-9(2)14(20)18(8)7-10-11(15)4-3-5-12(10)16/h3-5,8-9H,6-7H2,1-2H3,(H,17,19). The Morgan fingerprint density at radius 2 is 2.10 bits per heavy atom. The molecular weight excluding hydrogens is 283 g/mol. The number of carbonyl (C=O) groups is 2. The van der Waals surface area contributed by atoms with Crippen LogP contribution in [0.5, 0.6) is 0 Å². The van der Waals surface area contributed by atoms with Gasteiger partial charge in [0.2, 0.25) is 11.8 Å². The second-order valence-corrected chi connectivity index (χ2v) is 5.42. The minimum Gasteiger partial charge on any atom is -0.345 e. The Labute approximate surface area is 121 Å². The molecule has 1 heterocycles. The van der Waals surface area contributed by atoms with Crippen LogP contribution in [0.2, 0.25) is 5.02 Å². The van der Waals surface area contributed by atoms with Crippen LogP contribution in [0.15, 0.2) is 18.2 Å². The summed E-state index contributed by atoms with van der Waals surface area (Å²) >= 11 is 5.99. The molecule has 0 saturated carbocycles. The van der Waals surface area contributed by atoms with Gasteiger partial charge in [0.25, 0.3) is 0 Å². The van der Waals surface area contributed by atoms with Gasteiger partial charge in [-0.15, -0.1) is 0 Å². The van der Waals surface area contributed by atoms with Crippen molar-refractivity contribution in [2.24, 2.45) is 0 Å². The number of nitrogens with zero attached hydrogens (tertiary/aromatic N) is 1. The molecule has 2 atom stereocenters. The summed E-state index contributed by atoms with van der Waals surface area (Å²) in [6.45, 7) is 3.45. The molecule has 0 bridgehead atoms. The van der Waals surface area contributed by atoms with Crippen molar-refractivity contribution >= 4 is 23.4 Å². The van der Waals surface area contributed by atoms with Crippen LogP contribution in [0.1, 0.15) is 25.8 Å². The second kappa shape index (κ2) is 5.79. The minimum atomic E-state index is -0.613. The maximum absolute atomic E-state index is 13.8. The third-order valence-corrected chi connectivity index (χ3v) is 3.79. The van der Waals surface area contributed by atoms with E-state index in [9.17, 15) is 14.0 Å². The summed E-state index contributed by atoms with van der Waals surface area (Å²) in [6.07, 6.45) is 0.197. The molecule has 6 heteroatoms. The first-order valence-electron chi connectivity index (χ1n) is 6.43. The van der Waals surface area contributed by atoms with Crippen LogP contribution in [0.25, 0.3) is 0 Å². The van der Waals surface area contributed by atoms with E-state index in [-0.39, 0.29) is 41.4 Å². The molecule has 108 valence electrons. The van der Waals surface area contributed by atoms with Crippen molar-refractivity contribution in [2.75, 3.05) is 0 Å². The molecule has 0 aromatic heterocycles. The lowest BCUT2D eigenvalue weighted by Gasteiger charge is -2.28. The molecule has 1 aromatic carbocycles. The Kier molecular flexibility index (Phi) is 4.28. The van der Waals surface area contributed by atoms with Crippen LogP contribution in [0.3, 0.4) is 0 Å². The average molecular weight is 299 g/mol. The van der Waals surface area contributed by atoms with E-state index in [1.54, 1.807) is 19.9 Å². The molecule has 1 aromatic rings. The Hall–Kier alpha value is -1.62. The van der Waals surface area contributed by atoms with Gasteiger partial charge in [-0.25, -0.2) is 4.39 Å². The van der Waals surface area contributed by atoms with E-state index >= 15 is 0 Å². The summed E-state index contributed by atoms with van der Waals surface area (Å²) in [6, 6.07) is 3.49. The van der Waals surface area contributed by atoms with Crippen LogP contribution < -0.4 is 5.32 Å². The van der Waals surface area contributed by atoms with Crippen LogP contribution in [-0.4, -0.2) is 28.8 Å². The molecule has 1 fully saturated rings. The zero-order chi connectivity index (χ0) is 14.9. The van der Waals surface area contributed by atoms with Crippen LogP contribution >= 0.6 is 11.6 Å². The highest BCUT2D eigenvalue weighted by molar-refractivity contribution is 6.31. The lowest BCUT2D eigenvalue weighted by molar-refractivity contribution is -0.135. The van der Waals surface area contributed by atoms with E-state index in [4.69, 9.17) is 11.6 Å². The molecule has 20 heavy (non-hydrogen) atoms. The number of amides is 2. The van der Waals surface area contributed by atoms with Crippen molar-refractivity contribution in [3.05, 3.63) is 34.6 Å². The van der Waals surface area contributed by atoms with Gasteiger partial charge in [0, 0.05) is 23.0 Å². The zero-order valence-electron chi connectivity index (χ0n) is 11.3. The van der Waals surface area contributed by atoms with Crippen molar-refractivity contribution in [1.82, 2.24) is 10.2 Å². The van der Waals surface area contributed by atoms with E-state index in [1.165, 1.54) is 17.0 Å². The van der Waals surface area contributed by atoms with Gasteiger partial charge >= 0.3 is 0 Å². The van der Waals surface area contributed by atoms with Crippen molar-refractivity contribution in [3.63, 3.8) is 0 Å². The lowest BCUT2D eigenvalue weighted by Crippen LogP contribution is -2.44. The van der Waals surface area contributed by atoms with E-state index < -0.39 is 11.9 Å². The highest BCUT2D eigenvalue weighted by Gasteiger charge is 2.32. The predicted octanol–water partition coefficient (Wildman–Crippen LogP) is 2.10. The van der Waals surface area contributed by atoms with E-state index in [0.717, 1.165) is 0 Å². The summed E-state index contributed by atoms with van der Waals surface area (Å²) in [5, 5.41) is 2.89. The first-order valence-corrected chi connectivity index (χ1v) is 6.80. The van der Waals surface area contributed by atoms with Gasteiger partial charge in [-0.3, -0.25) is 9.59 Å². The molecule has 1 aliphatic rings. The van der Waals surface area contributed by atoms with Crippen molar-refractivity contribution < 1.29 is 14.0 Å². The average Bonchev–Trinajstić information content (AvgIpc) is 2.44. The van der Waals surface area contributed by atoms with Gasteiger partial charge in [-0.1, -0.05) is 17.7 Å². The highest BCUT2D eigenvalue weighted by atomic mass is 35.5. The maximum Gasteiger partial charge on any atom is 0.245 e. The molecule has 0 radical (unpaired) electrons. The Morgan fingerprint density at radius 1 is 1.40 bits per heavy atom. The quantitative estimate of drug-likeness (QED) is 0.909. The smallest absolute Gasteiger partial charge is 0.245 e. The number of hydrogen-bond acceptors (Lipinski definition) is 2. The summed E-state index contributed by atoms with van der Waals surface area (Å²) in [4.78, 5) is 25.4. The van der Waals surface area contributed by atoms with Crippen molar-refractivity contribution in [3.8, 4) is 0 Å². The molecule has 4 nitrogen and oxygen atoms in total. The molecule has 0 aliphatic carbocycles. The normalized spacial score (nSPS) is 23.5. The number of halogens is 2. The van der Waals surface area contributed by atoms with Crippen molar-refractivity contribution in [1.29, 1.82) is 0 Å². The van der Waals surface area contributed by atoms with Gasteiger partial charge in [-0.2, -0.15) is 0 Å². The Morgan fingerprint density at radius 3 is 2.75 bits per heavy atom. The van der Waals surface area contributed by atoms with E-state index in [0.29, 0.717) is 0 Å². The van der Waals surface area contributed by atoms with Crippen molar-refractivity contribution in [2.45, 2.75) is 38.9 Å². The molecule has 1 aliphatic heterocycles. The third kappa shape index (κ3) is 2.93. The van der Waals surface area contributed by atoms with E-state index in [1.807, 2.05) is 0 Å². The predicted molar refractivity (Wildman–Crippen MR) is 73.6 cm³/mol.